The monoisotopic (exact) mass is 222 g/mol. The molecule has 0 atom stereocenters. The van der Waals surface area contributed by atoms with Crippen molar-refractivity contribution in [3.05, 3.63) is 28.6 Å². The minimum atomic E-state index is 0.349. The topological polar surface area (TPSA) is 85.4 Å². The number of aryl methyl sites for hydroxylation is 1. The molecule has 7 heteroatoms. The van der Waals surface area contributed by atoms with Gasteiger partial charge in [0.1, 0.15) is 0 Å². The van der Waals surface area contributed by atoms with E-state index in [4.69, 9.17) is 18.0 Å². The predicted octanol–water partition coefficient (Wildman–Crippen LogP) is 0.670. The van der Waals surface area contributed by atoms with Gasteiger partial charge in [0.2, 0.25) is 5.95 Å². The lowest BCUT2D eigenvalue weighted by atomic mass is 10.4. The first kappa shape index (κ1) is 9.78. The summed E-state index contributed by atoms with van der Waals surface area (Å²) in [6.07, 6.45) is 3.40. The molecule has 0 radical (unpaired) electrons. The molecular weight excluding hydrogens is 212 g/mol. The largest absolute Gasteiger partial charge is 0.368 e. The van der Waals surface area contributed by atoms with E-state index in [9.17, 15) is 0 Å². The number of hydrogen-bond donors (Lipinski definition) is 2. The fraction of sp³-hybridized carbons (Fsp3) is 0.250. The molecule has 78 valence electrons. The van der Waals surface area contributed by atoms with Crippen LogP contribution in [-0.2, 0) is 6.54 Å². The summed E-state index contributed by atoms with van der Waals surface area (Å²) in [6, 6.07) is 0. The second-order valence-electron chi connectivity index (χ2n) is 3.12. The molecule has 0 aliphatic heterocycles. The summed E-state index contributed by atoms with van der Waals surface area (Å²) in [7, 11) is 0. The van der Waals surface area contributed by atoms with Crippen LogP contribution in [0.2, 0.25) is 0 Å². The van der Waals surface area contributed by atoms with E-state index < -0.39 is 0 Å². The fourth-order valence-electron chi connectivity index (χ4n) is 1.15. The highest BCUT2D eigenvalue weighted by molar-refractivity contribution is 7.71. The van der Waals surface area contributed by atoms with E-state index in [-0.39, 0.29) is 0 Å². The number of H-pyrrole nitrogens is 1. The number of anilines is 1. The lowest BCUT2D eigenvalue weighted by Crippen LogP contribution is -2.06. The molecular formula is C8H10N6S. The Hall–Kier alpha value is -1.76. The van der Waals surface area contributed by atoms with Crippen molar-refractivity contribution in [1.82, 2.24) is 24.7 Å². The molecule has 0 bridgehead atoms. The van der Waals surface area contributed by atoms with Crippen LogP contribution in [0.4, 0.5) is 5.95 Å². The summed E-state index contributed by atoms with van der Waals surface area (Å²) in [6.45, 7) is 2.36. The zero-order chi connectivity index (χ0) is 10.8. The smallest absolute Gasteiger partial charge is 0.220 e. The van der Waals surface area contributed by atoms with Gasteiger partial charge in [0.25, 0.3) is 0 Å². The maximum Gasteiger partial charge on any atom is 0.220 e. The molecule has 0 aromatic carbocycles. The number of nitrogens with one attached hydrogen (secondary N) is 1. The first-order chi connectivity index (χ1) is 7.16. The molecule has 2 aromatic heterocycles. The van der Waals surface area contributed by atoms with Crippen LogP contribution in [0, 0.1) is 11.7 Å². The van der Waals surface area contributed by atoms with Gasteiger partial charge in [-0.2, -0.15) is 0 Å². The van der Waals surface area contributed by atoms with Crippen molar-refractivity contribution in [2.24, 2.45) is 0 Å². The van der Waals surface area contributed by atoms with E-state index in [1.807, 2.05) is 6.92 Å². The molecule has 2 aromatic rings. The van der Waals surface area contributed by atoms with E-state index in [0.29, 0.717) is 17.3 Å². The Labute approximate surface area is 91.2 Å². The Morgan fingerprint density at radius 3 is 2.80 bits per heavy atom. The quantitative estimate of drug-likeness (QED) is 0.729. The Bertz CT molecular complexity index is 511. The average Bonchev–Trinajstić information content (AvgIpc) is 2.53. The SMILES string of the molecule is Cc1cnc(Cn2c(N)n[nH]c2=S)cn1. The van der Waals surface area contributed by atoms with Gasteiger partial charge in [0.15, 0.2) is 4.77 Å². The molecule has 2 heterocycles. The maximum atomic E-state index is 5.62. The number of rotatable bonds is 2. The standard InChI is InChI=1S/C8H10N6S/c1-5-2-11-6(3-10-5)4-14-7(9)12-13-8(14)15/h2-3H,4H2,1H3,(H2,9,12)(H,13,15). The minimum absolute atomic E-state index is 0.349. The van der Waals surface area contributed by atoms with Crippen molar-refractivity contribution >= 4 is 18.2 Å². The van der Waals surface area contributed by atoms with Crippen LogP contribution in [0.1, 0.15) is 11.4 Å². The van der Waals surface area contributed by atoms with Crippen molar-refractivity contribution in [2.75, 3.05) is 5.73 Å². The summed E-state index contributed by atoms with van der Waals surface area (Å²) in [5.74, 6) is 0.349. The number of nitrogens with zero attached hydrogens (tertiary/aromatic N) is 4. The minimum Gasteiger partial charge on any atom is -0.368 e. The van der Waals surface area contributed by atoms with E-state index >= 15 is 0 Å². The van der Waals surface area contributed by atoms with Crippen LogP contribution >= 0.6 is 12.2 Å². The molecule has 15 heavy (non-hydrogen) atoms. The van der Waals surface area contributed by atoms with Crippen LogP contribution in [-0.4, -0.2) is 24.7 Å². The molecule has 0 saturated heterocycles. The molecule has 0 saturated carbocycles. The zero-order valence-corrected chi connectivity index (χ0v) is 8.95. The van der Waals surface area contributed by atoms with Crippen LogP contribution in [0.3, 0.4) is 0 Å². The summed E-state index contributed by atoms with van der Waals surface area (Å²) in [4.78, 5) is 8.35. The average molecular weight is 222 g/mol. The van der Waals surface area contributed by atoms with Gasteiger partial charge in [0, 0.05) is 6.20 Å². The lowest BCUT2D eigenvalue weighted by molar-refractivity contribution is 0.762. The van der Waals surface area contributed by atoms with Crippen molar-refractivity contribution in [1.29, 1.82) is 0 Å². The van der Waals surface area contributed by atoms with Crippen LogP contribution in [0.25, 0.3) is 0 Å². The third kappa shape index (κ3) is 2.01. The van der Waals surface area contributed by atoms with Crippen LogP contribution in [0.5, 0.6) is 0 Å². The van der Waals surface area contributed by atoms with Gasteiger partial charge >= 0.3 is 0 Å². The van der Waals surface area contributed by atoms with Gasteiger partial charge in [-0.3, -0.25) is 14.5 Å². The van der Waals surface area contributed by atoms with Crippen molar-refractivity contribution in [3.63, 3.8) is 0 Å². The number of aromatic nitrogens is 5. The molecule has 0 aliphatic carbocycles. The third-order valence-electron chi connectivity index (χ3n) is 1.94. The Kier molecular flexibility index (Phi) is 2.46. The van der Waals surface area contributed by atoms with Gasteiger partial charge in [-0.1, -0.05) is 0 Å². The van der Waals surface area contributed by atoms with Crippen LogP contribution in [0.15, 0.2) is 12.4 Å². The summed E-state index contributed by atoms with van der Waals surface area (Å²) >= 11 is 5.01. The molecule has 0 aliphatic rings. The molecule has 0 fully saturated rings. The Morgan fingerprint density at radius 2 is 2.27 bits per heavy atom. The molecule has 6 nitrogen and oxygen atoms in total. The van der Waals surface area contributed by atoms with Crippen LogP contribution < -0.4 is 5.73 Å². The normalized spacial score (nSPS) is 10.5. The van der Waals surface area contributed by atoms with Gasteiger partial charge < -0.3 is 5.73 Å². The second kappa shape index (κ2) is 3.77. The van der Waals surface area contributed by atoms with Crippen molar-refractivity contribution in [2.45, 2.75) is 13.5 Å². The number of nitrogen functional groups attached to an aromatic ring is 1. The summed E-state index contributed by atoms with van der Waals surface area (Å²) in [5, 5.41) is 6.42. The zero-order valence-electron chi connectivity index (χ0n) is 8.14. The van der Waals surface area contributed by atoms with Gasteiger partial charge in [-0.25, -0.2) is 5.10 Å². The highest BCUT2D eigenvalue weighted by atomic mass is 32.1. The Morgan fingerprint density at radius 1 is 1.47 bits per heavy atom. The Balaban J connectivity index is 2.29. The summed E-state index contributed by atoms with van der Waals surface area (Å²) < 4.78 is 2.14. The third-order valence-corrected chi connectivity index (χ3v) is 2.25. The first-order valence-electron chi connectivity index (χ1n) is 4.35. The van der Waals surface area contributed by atoms with E-state index in [0.717, 1.165) is 11.4 Å². The second-order valence-corrected chi connectivity index (χ2v) is 3.51. The maximum absolute atomic E-state index is 5.62. The van der Waals surface area contributed by atoms with E-state index in [1.165, 1.54) is 0 Å². The highest BCUT2D eigenvalue weighted by Gasteiger charge is 2.03. The fourth-order valence-corrected chi connectivity index (χ4v) is 1.35. The first-order valence-corrected chi connectivity index (χ1v) is 4.76. The molecule has 0 unspecified atom stereocenters. The molecule has 2 rings (SSSR count). The molecule has 3 N–H and O–H groups in total. The summed E-state index contributed by atoms with van der Waals surface area (Å²) in [5.41, 5.74) is 7.30. The van der Waals surface area contributed by atoms with Gasteiger partial charge in [-0.15, -0.1) is 5.10 Å². The highest BCUT2D eigenvalue weighted by Crippen LogP contribution is 2.03. The van der Waals surface area contributed by atoms with Crippen molar-refractivity contribution < 1.29 is 0 Å². The van der Waals surface area contributed by atoms with Gasteiger partial charge in [-0.05, 0) is 19.1 Å². The number of nitrogens with two attached hydrogens (primary N) is 1. The van der Waals surface area contributed by atoms with E-state index in [2.05, 4.69) is 20.2 Å². The van der Waals surface area contributed by atoms with E-state index in [1.54, 1.807) is 17.0 Å². The number of hydrogen-bond acceptors (Lipinski definition) is 5. The van der Waals surface area contributed by atoms with Crippen molar-refractivity contribution in [3.8, 4) is 0 Å². The number of aromatic amines is 1. The lowest BCUT2D eigenvalue weighted by Gasteiger charge is -2.02. The predicted molar refractivity (Wildman–Crippen MR) is 57.7 cm³/mol. The molecule has 0 spiro atoms. The van der Waals surface area contributed by atoms with Gasteiger partial charge in [0.05, 0.1) is 24.1 Å². The molecule has 0 amide bonds.